The quantitative estimate of drug-likeness (QED) is 0.762. The smallest absolute Gasteiger partial charge is 0.252 e. The van der Waals surface area contributed by atoms with Gasteiger partial charge in [0.05, 0.1) is 16.5 Å². The predicted molar refractivity (Wildman–Crippen MR) is 102 cm³/mol. The van der Waals surface area contributed by atoms with Gasteiger partial charge < -0.3 is 10.2 Å². The highest BCUT2D eigenvalue weighted by Crippen LogP contribution is 2.17. The van der Waals surface area contributed by atoms with Gasteiger partial charge in [0.25, 0.3) is 5.91 Å². The zero-order valence-electron chi connectivity index (χ0n) is 14.7. The van der Waals surface area contributed by atoms with E-state index in [1.807, 2.05) is 23.1 Å². The number of thiophene rings is 1. The first kappa shape index (κ1) is 18.3. The van der Waals surface area contributed by atoms with Crippen LogP contribution in [0.4, 0.5) is 0 Å². The molecule has 1 aromatic heterocycles. The molecule has 3 rings (SSSR count). The summed E-state index contributed by atoms with van der Waals surface area (Å²) in [4.78, 5) is 38.2. The zero-order valence-corrected chi connectivity index (χ0v) is 15.6. The van der Waals surface area contributed by atoms with E-state index in [4.69, 9.17) is 0 Å². The van der Waals surface area contributed by atoms with Crippen molar-refractivity contribution in [1.29, 1.82) is 0 Å². The number of likely N-dealkylation sites (tertiary alicyclic amines) is 1. The lowest BCUT2D eigenvalue weighted by Crippen LogP contribution is -2.37. The Hall–Kier alpha value is -2.47. The van der Waals surface area contributed by atoms with E-state index in [2.05, 4.69) is 17.4 Å². The lowest BCUT2D eigenvalue weighted by molar-refractivity contribution is -0.127. The fraction of sp³-hybridized carbons (Fsp3) is 0.350. The number of hydrogen-bond acceptors (Lipinski definition) is 4. The number of ketones is 1. The number of amides is 2. The van der Waals surface area contributed by atoms with Crippen LogP contribution < -0.4 is 5.32 Å². The number of Topliss-reactive ketones (excluding diaryl/α,β-unsaturated/α-hetero) is 1. The van der Waals surface area contributed by atoms with Gasteiger partial charge in [0.15, 0.2) is 5.78 Å². The number of benzene rings is 1. The van der Waals surface area contributed by atoms with Gasteiger partial charge in [0.2, 0.25) is 5.91 Å². The van der Waals surface area contributed by atoms with E-state index < -0.39 is 0 Å². The minimum Gasteiger partial charge on any atom is -0.347 e. The Balaban J connectivity index is 1.47. The van der Waals surface area contributed by atoms with Crippen molar-refractivity contribution in [3.05, 3.63) is 57.8 Å². The summed E-state index contributed by atoms with van der Waals surface area (Å²) < 4.78 is 0. The molecule has 1 aliphatic rings. The summed E-state index contributed by atoms with van der Waals surface area (Å²) in [5.41, 5.74) is 1.75. The second kappa shape index (κ2) is 8.27. The Morgan fingerprint density at radius 3 is 2.73 bits per heavy atom. The number of rotatable bonds is 7. The largest absolute Gasteiger partial charge is 0.347 e. The molecular weight excluding hydrogens is 348 g/mol. The van der Waals surface area contributed by atoms with Crippen LogP contribution in [0.1, 0.15) is 45.4 Å². The molecular formula is C20H22N2O3S. The van der Waals surface area contributed by atoms with Gasteiger partial charge in [-0.25, -0.2) is 0 Å². The predicted octanol–water partition coefficient (Wildman–Crippen LogP) is 2.91. The molecule has 6 heteroatoms. The van der Waals surface area contributed by atoms with Crippen molar-refractivity contribution in [3.63, 3.8) is 0 Å². The highest BCUT2D eigenvalue weighted by Gasteiger charge is 2.30. The average molecular weight is 370 g/mol. The maximum Gasteiger partial charge on any atom is 0.252 e. The summed E-state index contributed by atoms with van der Waals surface area (Å²) in [6.07, 6.45) is 2.17. The van der Waals surface area contributed by atoms with Gasteiger partial charge in [0, 0.05) is 24.9 Å². The second-order valence-corrected chi connectivity index (χ2v) is 7.47. The molecule has 1 fully saturated rings. The number of aryl methyl sites for hydroxylation is 1. The molecule has 2 amide bonds. The first-order valence-corrected chi connectivity index (χ1v) is 9.63. The molecule has 26 heavy (non-hydrogen) atoms. The zero-order chi connectivity index (χ0) is 18.5. The Labute approximate surface area is 157 Å². The molecule has 1 aliphatic heterocycles. The van der Waals surface area contributed by atoms with Crippen LogP contribution in [0.2, 0.25) is 0 Å². The van der Waals surface area contributed by atoms with Crippen molar-refractivity contribution in [3.8, 4) is 0 Å². The van der Waals surface area contributed by atoms with Gasteiger partial charge in [-0.3, -0.25) is 14.4 Å². The van der Waals surface area contributed by atoms with E-state index in [0.717, 1.165) is 12.8 Å². The minimum absolute atomic E-state index is 0.0466. The summed E-state index contributed by atoms with van der Waals surface area (Å²) in [5, 5.41) is 4.59. The summed E-state index contributed by atoms with van der Waals surface area (Å²) in [5.74, 6) is -0.189. The van der Waals surface area contributed by atoms with Crippen LogP contribution in [0, 0.1) is 0 Å². The van der Waals surface area contributed by atoms with Gasteiger partial charge >= 0.3 is 0 Å². The maximum absolute atomic E-state index is 12.3. The summed E-state index contributed by atoms with van der Waals surface area (Å²) >= 11 is 1.27. The molecule has 1 N–H and O–H groups in total. The van der Waals surface area contributed by atoms with Crippen LogP contribution in [0.5, 0.6) is 0 Å². The van der Waals surface area contributed by atoms with Crippen molar-refractivity contribution in [2.24, 2.45) is 0 Å². The molecule has 2 aromatic rings. The highest BCUT2D eigenvalue weighted by molar-refractivity contribution is 7.12. The van der Waals surface area contributed by atoms with Gasteiger partial charge in [-0.1, -0.05) is 30.3 Å². The third-order valence-corrected chi connectivity index (χ3v) is 5.53. The normalized spacial score (nSPS) is 16.7. The van der Waals surface area contributed by atoms with Gasteiger partial charge in [0.1, 0.15) is 0 Å². The topological polar surface area (TPSA) is 66.5 Å². The van der Waals surface area contributed by atoms with Gasteiger partial charge in [-0.05, 0) is 31.4 Å². The van der Waals surface area contributed by atoms with Crippen LogP contribution in [0.15, 0.2) is 41.8 Å². The number of nitrogens with one attached hydrogen (secondary N) is 1. The van der Waals surface area contributed by atoms with Crippen LogP contribution >= 0.6 is 11.3 Å². The molecule has 1 unspecified atom stereocenters. The molecule has 0 radical (unpaired) electrons. The molecule has 136 valence electrons. The van der Waals surface area contributed by atoms with Crippen molar-refractivity contribution in [2.45, 2.75) is 32.2 Å². The molecule has 2 heterocycles. The van der Waals surface area contributed by atoms with Crippen LogP contribution in [0.25, 0.3) is 0 Å². The lowest BCUT2D eigenvalue weighted by Gasteiger charge is -2.17. The van der Waals surface area contributed by atoms with E-state index in [1.54, 1.807) is 11.4 Å². The van der Waals surface area contributed by atoms with E-state index in [-0.39, 0.29) is 23.6 Å². The van der Waals surface area contributed by atoms with E-state index >= 15 is 0 Å². The van der Waals surface area contributed by atoms with Gasteiger partial charge in [-0.2, -0.15) is 0 Å². The Bertz CT molecular complexity index is 800. The first-order valence-electron chi connectivity index (χ1n) is 8.75. The fourth-order valence-electron chi connectivity index (χ4n) is 3.11. The van der Waals surface area contributed by atoms with Crippen molar-refractivity contribution >= 4 is 28.9 Å². The van der Waals surface area contributed by atoms with Crippen LogP contribution in [0.3, 0.4) is 0 Å². The minimum atomic E-state index is -0.224. The molecule has 5 nitrogen and oxygen atoms in total. The molecule has 0 spiro atoms. The summed E-state index contributed by atoms with van der Waals surface area (Å²) in [6.45, 7) is 2.73. The third kappa shape index (κ3) is 4.58. The second-order valence-electron chi connectivity index (χ2n) is 6.56. The fourth-order valence-corrected chi connectivity index (χ4v) is 3.90. The molecule has 1 saturated heterocycles. The monoisotopic (exact) mass is 370 g/mol. The standard InChI is InChI=1S/C20H22N2O3S/c1-14(23)18-10-16(13-26-18)20(25)21-17-11-19(24)22(12-17)9-5-8-15-6-3-2-4-7-15/h2-4,6-7,10,13,17H,5,8-9,11-12H2,1H3,(H,21,25). The lowest BCUT2D eigenvalue weighted by atomic mass is 10.1. The van der Waals surface area contributed by atoms with Crippen LogP contribution in [-0.4, -0.2) is 41.6 Å². The number of nitrogens with zero attached hydrogens (tertiary/aromatic N) is 1. The van der Waals surface area contributed by atoms with Crippen molar-refractivity contribution in [2.75, 3.05) is 13.1 Å². The van der Waals surface area contributed by atoms with E-state index in [0.29, 0.717) is 30.0 Å². The molecule has 0 aliphatic carbocycles. The molecule has 0 saturated carbocycles. The Morgan fingerprint density at radius 1 is 1.27 bits per heavy atom. The van der Waals surface area contributed by atoms with E-state index in [9.17, 15) is 14.4 Å². The van der Waals surface area contributed by atoms with Gasteiger partial charge in [-0.15, -0.1) is 11.3 Å². The van der Waals surface area contributed by atoms with E-state index in [1.165, 1.54) is 23.8 Å². The number of carbonyl (C=O) groups is 3. The molecule has 0 bridgehead atoms. The van der Waals surface area contributed by atoms with Crippen molar-refractivity contribution in [1.82, 2.24) is 10.2 Å². The Morgan fingerprint density at radius 2 is 2.04 bits per heavy atom. The third-order valence-electron chi connectivity index (χ3n) is 4.49. The average Bonchev–Trinajstić information content (AvgIpc) is 3.23. The van der Waals surface area contributed by atoms with Crippen molar-refractivity contribution < 1.29 is 14.4 Å². The SMILES string of the molecule is CC(=O)c1cc(C(=O)NC2CC(=O)N(CCCc3ccccc3)C2)cs1. The summed E-state index contributed by atoms with van der Waals surface area (Å²) in [7, 11) is 0. The number of carbonyl (C=O) groups excluding carboxylic acids is 3. The molecule has 1 atom stereocenters. The van der Waals surface area contributed by atoms with Crippen LogP contribution in [-0.2, 0) is 11.2 Å². The Kier molecular flexibility index (Phi) is 5.83. The molecule has 1 aromatic carbocycles. The number of hydrogen-bond donors (Lipinski definition) is 1. The maximum atomic E-state index is 12.3. The summed E-state index contributed by atoms with van der Waals surface area (Å²) in [6, 6.07) is 11.6. The first-order chi connectivity index (χ1) is 12.5. The highest BCUT2D eigenvalue weighted by atomic mass is 32.1.